The molecule has 158 valence electrons. The van der Waals surface area contributed by atoms with Crippen LogP contribution in [-0.2, 0) is 16.4 Å². The molecular weight excluding hydrogens is 451 g/mol. The van der Waals surface area contributed by atoms with Gasteiger partial charge in [-0.3, -0.25) is 4.40 Å². The summed E-state index contributed by atoms with van der Waals surface area (Å²) in [4.78, 5) is 4.21. The van der Waals surface area contributed by atoms with E-state index in [1.165, 1.54) is 23.6 Å². The van der Waals surface area contributed by atoms with Crippen molar-refractivity contribution in [3.8, 4) is 16.8 Å². The number of aromatic nitrogens is 4. The predicted molar refractivity (Wildman–Crippen MR) is 111 cm³/mol. The van der Waals surface area contributed by atoms with Gasteiger partial charge in [0.15, 0.2) is 10.7 Å². The molecule has 8 nitrogen and oxygen atoms in total. The van der Waals surface area contributed by atoms with Gasteiger partial charge in [0.25, 0.3) is 0 Å². The third-order valence-electron chi connectivity index (χ3n) is 4.92. The molecule has 4 rings (SSSR count). The van der Waals surface area contributed by atoms with Crippen LogP contribution < -0.4 is 4.72 Å². The van der Waals surface area contributed by atoms with Gasteiger partial charge in [0.2, 0.25) is 10.0 Å². The molecule has 3 aromatic rings. The molecule has 12 heteroatoms. The molecule has 1 aliphatic carbocycles. The van der Waals surface area contributed by atoms with E-state index in [1.54, 1.807) is 10.6 Å². The highest BCUT2D eigenvalue weighted by atomic mass is 35.5. The number of alkyl halides is 1. The molecular formula is C18H18ClFN6O2S2. The van der Waals surface area contributed by atoms with Crippen molar-refractivity contribution in [1.82, 2.24) is 24.3 Å². The first-order valence-electron chi connectivity index (χ1n) is 9.34. The van der Waals surface area contributed by atoms with Crippen LogP contribution in [0.1, 0.15) is 37.1 Å². The topological polar surface area (TPSA) is 113 Å². The second-order valence-electron chi connectivity index (χ2n) is 7.25. The fraction of sp³-hybridized carbons (Fsp3) is 0.444. The van der Waals surface area contributed by atoms with Gasteiger partial charge < -0.3 is 0 Å². The van der Waals surface area contributed by atoms with Gasteiger partial charge in [-0.2, -0.15) is 5.26 Å². The molecule has 0 amide bonds. The number of pyridine rings is 1. The van der Waals surface area contributed by atoms with Crippen LogP contribution in [0.3, 0.4) is 0 Å². The molecule has 0 aliphatic heterocycles. The molecule has 0 saturated heterocycles. The molecule has 0 unspecified atom stereocenters. The fourth-order valence-corrected chi connectivity index (χ4v) is 5.70. The third-order valence-corrected chi connectivity index (χ3v) is 7.75. The van der Waals surface area contributed by atoms with Crippen molar-refractivity contribution >= 4 is 38.6 Å². The van der Waals surface area contributed by atoms with E-state index < -0.39 is 22.2 Å². The van der Waals surface area contributed by atoms with Crippen molar-refractivity contribution in [3.63, 3.8) is 0 Å². The lowest BCUT2D eigenvalue weighted by Gasteiger charge is -2.14. The zero-order chi connectivity index (χ0) is 21.4. The van der Waals surface area contributed by atoms with Gasteiger partial charge in [-0.15, -0.1) is 10.2 Å². The number of nitrogens with one attached hydrogen (secondary N) is 1. The van der Waals surface area contributed by atoms with Gasteiger partial charge in [-0.25, -0.2) is 22.5 Å². The summed E-state index contributed by atoms with van der Waals surface area (Å²) in [6.07, 6.45) is 6.77. The average molecular weight is 469 g/mol. The fourth-order valence-electron chi connectivity index (χ4n) is 3.02. The van der Waals surface area contributed by atoms with Crippen LogP contribution in [-0.4, -0.2) is 40.2 Å². The lowest BCUT2D eigenvalue weighted by Crippen LogP contribution is -2.38. The van der Waals surface area contributed by atoms with Crippen LogP contribution in [0.5, 0.6) is 0 Å². The van der Waals surface area contributed by atoms with Gasteiger partial charge in [-0.1, -0.05) is 22.9 Å². The highest BCUT2D eigenvalue weighted by molar-refractivity contribution is 7.89. The number of hydrogen-bond donors (Lipinski definition) is 1. The molecule has 1 N–H and O–H groups in total. The Balaban J connectivity index is 1.65. The molecule has 1 aliphatic rings. The number of sulfonamides is 1. The van der Waals surface area contributed by atoms with Crippen LogP contribution in [0.4, 0.5) is 4.39 Å². The van der Waals surface area contributed by atoms with E-state index in [-0.39, 0.29) is 9.92 Å². The normalized spacial score (nSPS) is 15.4. The van der Waals surface area contributed by atoms with Crippen LogP contribution in [0.2, 0.25) is 5.02 Å². The number of rotatable bonds is 9. The third kappa shape index (κ3) is 4.18. The van der Waals surface area contributed by atoms with Gasteiger partial charge >= 0.3 is 0 Å². The molecule has 0 spiro atoms. The standard InChI is InChI=1S/C18H18ClFN6O2S2/c19-13-8-12(30(27,28)25-18(11-20)5-6-18)10-26-14(9-22-16(13)26)17-24-23-15(29-17)4-2-1-3-7-21/h8-10,25H,1-6,11H2. The summed E-state index contributed by atoms with van der Waals surface area (Å²) in [5, 5.41) is 18.6. The summed E-state index contributed by atoms with van der Waals surface area (Å²) in [5.41, 5.74) is -0.0445. The van der Waals surface area contributed by atoms with E-state index in [4.69, 9.17) is 16.9 Å². The largest absolute Gasteiger partial charge is 0.295 e. The van der Waals surface area contributed by atoms with Crippen molar-refractivity contribution in [2.45, 2.75) is 49.0 Å². The van der Waals surface area contributed by atoms with Crippen LogP contribution in [0, 0.1) is 11.3 Å². The maximum Gasteiger partial charge on any atom is 0.242 e. The number of fused-ring (bicyclic) bond motifs is 1. The van der Waals surface area contributed by atoms with E-state index in [0.717, 1.165) is 17.8 Å². The van der Waals surface area contributed by atoms with Crippen LogP contribution >= 0.6 is 22.9 Å². The smallest absolute Gasteiger partial charge is 0.242 e. The maximum absolute atomic E-state index is 13.2. The number of hydrogen-bond acceptors (Lipinski definition) is 7. The molecule has 0 bridgehead atoms. The molecule has 1 saturated carbocycles. The summed E-state index contributed by atoms with van der Waals surface area (Å²) < 4.78 is 42.7. The Labute approximate surface area is 181 Å². The van der Waals surface area contributed by atoms with Crippen molar-refractivity contribution < 1.29 is 12.8 Å². The number of imidazole rings is 1. The number of nitriles is 1. The number of nitrogens with zero attached hydrogens (tertiary/aromatic N) is 5. The van der Waals surface area contributed by atoms with Gasteiger partial charge in [-0.05, 0) is 31.7 Å². The predicted octanol–water partition coefficient (Wildman–Crippen LogP) is 3.52. The summed E-state index contributed by atoms with van der Waals surface area (Å²) >= 11 is 7.67. The summed E-state index contributed by atoms with van der Waals surface area (Å²) in [7, 11) is -3.95. The van der Waals surface area contributed by atoms with Crippen molar-refractivity contribution in [2.75, 3.05) is 6.67 Å². The van der Waals surface area contributed by atoms with Crippen molar-refractivity contribution in [3.05, 3.63) is 28.5 Å². The molecule has 0 radical (unpaired) electrons. The minimum absolute atomic E-state index is 0.0692. The SMILES string of the molecule is N#CCCCCc1nnc(-c2cnc3c(Cl)cc(S(=O)(=O)NC4(CF)CC4)cn23)s1. The van der Waals surface area contributed by atoms with Crippen LogP contribution in [0.15, 0.2) is 23.4 Å². The minimum atomic E-state index is -3.95. The number of unbranched alkanes of at least 4 members (excludes halogenated alkanes) is 2. The van der Waals surface area contributed by atoms with Gasteiger partial charge in [0.1, 0.15) is 22.3 Å². The molecule has 3 aromatic heterocycles. The summed E-state index contributed by atoms with van der Waals surface area (Å²) in [6, 6.07) is 3.42. The zero-order valence-corrected chi connectivity index (χ0v) is 18.2. The van der Waals surface area contributed by atoms with Gasteiger partial charge in [0, 0.05) is 19.0 Å². The maximum atomic E-state index is 13.2. The summed E-state index contributed by atoms with van der Waals surface area (Å²) in [6.45, 7) is -0.750. The quantitative estimate of drug-likeness (QED) is 0.480. The number of halogens is 2. The van der Waals surface area contributed by atoms with E-state index >= 15 is 0 Å². The highest BCUT2D eigenvalue weighted by Crippen LogP contribution is 2.37. The second-order valence-corrected chi connectivity index (χ2v) is 10.4. The first-order valence-corrected chi connectivity index (χ1v) is 12.0. The molecule has 3 heterocycles. The second kappa shape index (κ2) is 8.19. The molecule has 0 aromatic carbocycles. The Morgan fingerprint density at radius 3 is 2.87 bits per heavy atom. The molecule has 0 atom stereocenters. The first-order chi connectivity index (χ1) is 14.4. The Morgan fingerprint density at radius 1 is 1.37 bits per heavy atom. The summed E-state index contributed by atoms with van der Waals surface area (Å²) in [5.74, 6) is 0. The average Bonchev–Trinajstić information content (AvgIpc) is 3.13. The Kier molecular flexibility index (Phi) is 5.76. The van der Waals surface area contributed by atoms with E-state index in [0.29, 0.717) is 42.0 Å². The van der Waals surface area contributed by atoms with E-state index in [1.807, 2.05) is 0 Å². The van der Waals surface area contributed by atoms with E-state index in [2.05, 4.69) is 26.0 Å². The van der Waals surface area contributed by atoms with Crippen molar-refractivity contribution in [1.29, 1.82) is 5.26 Å². The molecule has 30 heavy (non-hydrogen) atoms. The lowest BCUT2D eigenvalue weighted by molar-refractivity contribution is 0.393. The van der Waals surface area contributed by atoms with Crippen LogP contribution in [0.25, 0.3) is 16.3 Å². The van der Waals surface area contributed by atoms with Gasteiger partial charge in [0.05, 0.1) is 22.8 Å². The number of aryl methyl sites for hydroxylation is 1. The lowest BCUT2D eigenvalue weighted by atomic mass is 10.2. The minimum Gasteiger partial charge on any atom is -0.295 e. The Hall–Kier alpha value is -2.13. The Morgan fingerprint density at radius 2 is 2.17 bits per heavy atom. The van der Waals surface area contributed by atoms with Crippen molar-refractivity contribution in [2.24, 2.45) is 0 Å². The monoisotopic (exact) mass is 468 g/mol. The zero-order valence-electron chi connectivity index (χ0n) is 15.8. The Bertz CT molecular complexity index is 1230. The molecule has 1 fully saturated rings. The van der Waals surface area contributed by atoms with E-state index in [9.17, 15) is 12.8 Å². The first kappa shape index (κ1) is 21.1. The highest BCUT2D eigenvalue weighted by Gasteiger charge is 2.46.